The average molecular weight is 161 g/mol. The molecule has 0 N–H and O–H groups in total. The first kappa shape index (κ1) is 8.65. The monoisotopic (exact) mass is 161 g/mol. The minimum absolute atomic E-state index is 0.0267. The lowest BCUT2D eigenvalue weighted by Crippen LogP contribution is -2.51. The second-order valence-electron chi connectivity index (χ2n) is 3.89. The molecule has 0 aliphatic carbocycles. The summed E-state index contributed by atoms with van der Waals surface area (Å²) in [6.07, 6.45) is -1.49. The van der Waals surface area contributed by atoms with Gasteiger partial charge in [0.05, 0.1) is 0 Å². The van der Waals surface area contributed by atoms with Crippen molar-refractivity contribution in [2.24, 2.45) is 0 Å². The molecule has 3 heteroatoms. The Balaban J connectivity index is 2.48. The van der Waals surface area contributed by atoms with E-state index in [0.29, 0.717) is 18.7 Å². The third kappa shape index (κ3) is 1.77. The molecule has 1 nitrogen and oxygen atoms in total. The van der Waals surface area contributed by atoms with Gasteiger partial charge >= 0.3 is 0 Å². The van der Waals surface area contributed by atoms with E-state index in [2.05, 4.69) is 0 Å². The molecular formula is C8H13F2N. The van der Waals surface area contributed by atoms with Crippen molar-refractivity contribution < 1.29 is 8.78 Å². The Labute approximate surface area is 65.7 Å². The second-order valence-corrected chi connectivity index (χ2v) is 3.89. The number of halogens is 2. The van der Waals surface area contributed by atoms with Gasteiger partial charge in [-0.1, -0.05) is 0 Å². The van der Waals surface area contributed by atoms with Crippen LogP contribution in [0.3, 0.4) is 0 Å². The highest BCUT2D eigenvalue weighted by molar-refractivity contribution is 5.17. The maximum Gasteiger partial charge on any atom is 0.272 e. The van der Waals surface area contributed by atoms with Crippen LogP contribution in [0.2, 0.25) is 0 Å². The third-order valence-electron chi connectivity index (χ3n) is 1.98. The predicted molar refractivity (Wildman–Crippen MR) is 40.6 cm³/mol. The van der Waals surface area contributed by atoms with Crippen LogP contribution in [-0.2, 0) is 0 Å². The standard InChI is InChI=1S/C8H13F2N/c1-8(2,3)11-4-6(5-11)7(9)10/h4-5H2,1-3H3. The minimum Gasteiger partial charge on any atom is -0.290 e. The summed E-state index contributed by atoms with van der Waals surface area (Å²) in [5.74, 6) is 0. The Bertz CT molecular complexity index is 179. The molecule has 11 heavy (non-hydrogen) atoms. The summed E-state index contributed by atoms with van der Waals surface area (Å²) in [4.78, 5) is 2.02. The predicted octanol–water partition coefficient (Wildman–Crippen LogP) is 2.25. The van der Waals surface area contributed by atoms with Gasteiger partial charge in [0, 0.05) is 24.2 Å². The van der Waals surface area contributed by atoms with Crippen LogP contribution in [-0.4, -0.2) is 23.5 Å². The molecule has 0 aromatic carbocycles. The Morgan fingerprint density at radius 3 is 2.00 bits per heavy atom. The van der Waals surface area contributed by atoms with Crippen molar-refractivity contribution in [3.8, 4) is 0 Å². The van der Waals surface area contributed by atoms with Crippen molar-refractivity contribution in [1.29, 1.82) is 0 Å². The number of hydrogen-bond donors (Lipinski definition) is 0. The zero-order valence-corrected chi connectivity index (χ0v) is 7.12. The summed E-state index contributed by atoms with van der Waals surface area (Å²) in [6, 6.07) is 0. The largest absolute Gasteiger partial charge is 0.290 e. The summed E-state index contributed by atoms with van der Waals surface area (Å²) in [5, 5.41) is 0. The lowest BCUT2D eigenvalue weighted by Gasteiger charge is -2.43. The van der Waals surface area contributed by atoms with Crippen LogP contribution in [0, 0.1) is 0 Å². The van der Waals surface area contributed by atoms with Crippen molar-refractivity contribution >= 4 is 0 Å². The Morgan fingerprint density at radius 2 is 1.73 bits per heavy atom. The molecule has 1 rings (SSSR count). The van der Waals surface area contributed by atoms with E-state index >= 15 is 0 Å². The summed E-state index contributed by atoms with van der Waals surface area (Å²) in [7, 11) is 0. The number of likely N-dealkylation sites (tertiary alicyclic amines) is 1. The van der Waals surface area contributed by atoms with Gasteiger partial charge in [0.15, 0.2) is 0 Å². The van der Waals surface area contributed by atoms with Crippen molar-refractivity contribution in [1.82, 2.24) is 4.90 Å². The Kier molecular flexibility index (Phi) is 2.01. The van der Waals surface area contributed by atoms with Crippen molar-refractivity contribution in [3.63, 3.8) is 0 Å². The lowest BCUT2D eigenvalue weighted by molar-refractivity contribution is 0.108. The van der Waals surface area contributed by atoms with Crippen LogP contribution in [0.4, 0.5) is 8.78 Å². The van der Waals surface area contributed by atoms with Gasteiger partial charge in [0.2, 0.25) is 0 Å². The van der Waals surface area contributed by atoms with E-state index in [1.165, 1.54) is 0 Å². The molecule has 0 saturated carbocycles. The fourth-order valence-electron chi connectivity index (χ4n) is 1.01. The molecule has 0 spiro atoms. The maximum absolute atomic E-state index is 11.9. The molecule has 0 radical (unpaired) electrons. The highest BCUT2D eigenvalue weighted by atomic mass is 19.3. The summed E-state index contributed by atoms with van der Waals surface area (Å²) in [5.41, 5.74) is 0.318. The second kappa shape index (κ2) is 2.55. The normalized spacial score (nSPS) is 19.9. The van der Waals surface area contributed by atoms with Crippen LogP contribution < -0.4 is 0 Å². The van der Waals surface area contributed by atoms with E-state index in [4.69, 9.17) is 0 Å². The van der Waals surface area contributed by atoms with E-state index in [9.17, 15) is 8.78 Å². The Morgan fingerprint density at radius 1 is 1.27 bits per heavy atom. The zero-order valence-electron chi connectivity index (χ0n) is 7.12. The number of nitrogens with zero attached hydrogens (tertiary/aromatic N) is 1. The molecule has 0 aromatic heterocycles. The van der Waals surface area contributed by atoms with Gasteiger partial charge in [-0.25, -0.2) is 0 Å². The topological polar surface area (TPSA) is 3.24 Å². The summed E-state index contributed by atoms with van der Waals surface area (Å²) in [6.45, 7) is 6.96. The fraction of sp³-hybridized carbons (Fsp3) is 0.750. The fourth-order valence-corrected chi connectivity index (χ4v) is 1.01. The molecule has 1 saturated heterocycles. The highest BCUT2D eigenvalue weighted by Gasteiger charge is 2.32. The van der Waals surface area contributed by atoms with Crippen LogP contribution >= 0.6 is 0 Å². The summed E-state index contributed by atoms with van der Waals surface area (Å²) < 4.78 is 23.8. The van der Waals surface area contributed by atoms with E-state index in [1.807, 2.05) is 25.7 Å². The first-order valence-electron chi connectivity index (χ1n) is 3.69. The molecule has 0 aromatic rings. The van der Waals surface area contributed by atoms with Crippen LogP contribution in [0.1, 0.15) is 20.8 Å². The molecule has 1 aliphatic heterocycles. The average Bonchev–Trinajstić information content (AvgIpc) is 1.51. The smallest absolute Gasteiger partial charge is 0.272 e. The van der Waals surface area contributed by atoms with Gasteiger partial charge in [-0.3, -0.25) is 4.90 Å². The molecular weight excluding hydrogens is 148 g/mol. The quantitative estimate of drug-likeness (QED) is 0.526. The molecule has 0 unspecified atom stereocenters. The Hall–Kier alpha value is -0.440. The SMILES string of the molecule is CC(C)(C)N1CC(=C(F)F)C1. The number of hydrogen-bond acceptors (Lipinski definition) is 1. The molecule has 0 bridgehead atoms. The van der Waals surface area contributed by atoms with Crippen molar-refractivity contribution in [3.05, 3.63) is 11.7 Å². The van der Waals surface area contributed by atoms with E-state index in [0.717, 1.165) is 0 Å². The molecule has 0 amide bonds. The zero-order chi connectivity index (χ0) is 8.65. The van der Waals surface area contributed by atoms with Gasteiger partial charge in [0.25, 0.3) is 6.08 Å². The molecule has 0 atom stereocenters. The van der Waals surface area contributed by atoms with Gasteiger partial charge in [-0.15, -0.1) is 0 Å². The molecule has 1 heterocycles. The summed E-state index contributed by atoms with van der Waals surface area (Å²) >= 11 is 0. The van der Waals surface area contributed by atoms with Crippen LogP contribution in [0.15, 0.2) is 11.7 Å². The molecule has 64 valence electrons. The third-order valence-corrected chi connectivity index (χ3v) is 1.98. The molecule has 1 aliphatic rings. The number of rotatable bonds is 0. The van der Waals surface area contributed by atoms with Crippen molar-refractivity contribution in [2.75, 3.05) is 13.1 Å². The first-order chi connectivity index (χ1) is 4.91. The highest BCUT2D eigenvalue weighted by Crippen LogP contribution is 2.27. The van der Waals surface area contributed by atoms with Crippen molar-refractivity contribution in [2.45, 2.75) is 26.3 Å². The van der Waals surface area contributed by atoms with Gasteiger partial charge in [-0.05, 0) is 20.8 Å². The van der Waals surface area contributed by atoms with E-state index in [-0.39, 0.29) is 5.54 Å². The van der Waals surface area contributed by atoms with E-state index in [1.54, 1.807) is 0 Å². The lowest BCUT2D eigenvalue weighted by atomic mass is 9.98. The van der Waals surface area contributed by atoms with Crippen LogP contribution in [0.25, 0.3) is 0 Å². The van der Waals surface area contributed by atoms with Crippen LogP contribution in [0.5, 0.6) is 0 Å². The van der Waals surface area contributed by atoms with Gasteiger partial charge in [0.1, 0.15) is 0 Å². The van der Waals surface area contributed by atoms with E-state index < -0.39 is 6.08 Å². The first-order valence-corrected chi connectivity index (χ1v) is 3.69. The van der Waals surface area contributed by atoms with Gasteiger partial charge < -0.3 is 0 Å². The maximum atomic E-state index is 11.9. The minimum atomic E-state index is -1.49. The van der Waals surface area contributed by atoms with Gasteiger partial charge in [-0.2, -0.15) is 8.78 Å². The molecule has 1 fully saturated rings.